The highest BCUT2D eigenvalue weighted by Crippen LogP contribution is 2.31. The summed E-state index contributed by atoms with van der Waals surface area (Å²) >= 11 is 0. The molecule has 1 aromatic rings. The van der Waals surface area contributed by atoms with Crippen LogP contribution in [0.1, 0.15) is 19.3 Å². The van der Waals surface area contributed by atoms with E-state index in [-0.39, 0.29) is 47.9 Å². The number of para-hydroxylation sites is 2. The van der Waals surface area contributed by atoms with Gasteiger partial charge in [0, 0.05) is 38.0 Å². The average Bonchev–Trinajstić information content (AvgIpc) is 2.66. The highest BCUT2D eigenvalue weighted by molar-refractivity contribution is 5.81. The van der Waals surface area contributed by atoms with Gasteiger partial charge in [-0.15, -0.1) is 6.42 Å². The van der Waals surface area contributed by atoms with E-state index in [0.717, 1.165) is 0 Å². The number of carbonyl (C=O) groups excluding carboxylic acids is 2. The number of nitro benzene ring substituents is 1. The monoisotopic (exact) mass is 358 g/mol. The predicted molar refractivity (Wildman–Crippen MR) is 97.5 cm³/mol. The Labute approximate surface area is 152 Å². The second-order valence-electron chi connectivity index (χ2n) is 6.03. The molecule has 1 aromatic carbocycles. The number of amides is 2. The molecule has 0 unspecified atom stereocenters. The molecule has 8 nitrogen and oxygen atoms in total. The number of carbonyl (C=O) groups is 2. The van der Waals surface area contributed by atoms with Crippen molar-refractivity contribution in [2.75, 3.05) is 31.1 Å². The van der Waals surface area contributed by atoms with Crippen molar-refractivity contribution in [3.63, 3.8) is 0 Å². The highest BCUT2D eigenvalue weighted by Gasteiger charge is 2.27. The Morgan fingerprint density at radius 2 is 1.96 bits per heavy atom. The summed E-state index contributed by atoms with van der Waals surface area (Å²) in [6.45, 7) is 1.59. The fourth-order valence-electron chi connectivity index (χ4n) is 2.95. The molecule has 2 N–H and O–H groups in total. The van der Waals surface area contributed by atoms with Crippen LogP contribution in [0.2, 0.25) is 0 Å². The summed E-state index contributed by atoms with van der Waals surface area (Å²) in [7, 11) is 0. The van der Waals surface area contributed by atoms with Gasteiger partial charge in [-0.3, -0.25) is 19.7 Å². The number of benzene rings is 1. The minimum atomic E-state index is -0.390. The molecule has 1 saturated heterocycles. The van der Waals surface area contributed by atoms with E-state index >= 15 is 0 Å². The molecule has 1 aliphatic rings. The van der Waals surface area contributed by atoms with Gasteiger partial charge in [-0.05, 0) is 18.9 Å². The van der Waals surface area contributed by atoms with Crippen LogP contribution in [-0.4, -0.2) is 42.9 Å². The summed E-state index contributed by atoms with van der Waals surface area (Å²) in [6.07, 6.45) is 6.46. The number of nitrogens with zero attached hydrogens (tertiary/aromatic N) is 2. The second kappa shape index (κ2) is 9.42. The number of terminal acetylenes is 1. The van der Waals surface area contributed by atoms with Gasteiger partial charge in [0.15, 0.2) is 0 Å². The second-order valence-corrected chi connectivity index (χ2v) is 6.03. The quantitative estimate of drug-likeness (QED) is 0.431. The number of anilines is 1. The summed E-state index contributed by atoms with van der Waals surface area (Å²) in [5.41, 5.74) is 0.662. The maximum absolute atomic E-state index is 12.2. The summed E-state index contributed by atoms with van der Waals surface area (Å²) in [6, 6.07) is 6.63. The molecule has 1 aliphatic heterocycles. The minimum Gasteiger partial charge on any atom is -0.366 e. The maximum atomic E-state index is 12.2. The summed E-state index contributed by atoms with van der Waals surface area (Å²) < 4.78 is 0. The SMILES string of the molecule is C#CCNC(=O)CCNC(=O)C1CCN(c2ccccc2[N+](=O)[O-])CC1. The van der Waals surface area contributed by atoms with E-state index in [0.29, 0.717) is 31.6 Å². The van der Waals surface area contributed by atoms with Gasteiger partial charge in [0.05, 0.1) is 11.5 Å². The van der Waals surface area contributed by atoms with E-state index in [1.54, 1.807) is 18.2 Å². The normalized spacial score (nSPS) is 14.3. The van der Waals surface area contributed by atoms with Gasteiger partial charge < -0.3 is 15.5 Å². The smallest absolute Gasteiger partial charge is 0.292 e. The molecule has 0 atom stereocenters. The molecule has 0 aromatic heterocycles. The van der Waals surface area contributed by atoms with Gasteiger partial charge in [-0.1, -0.05) is 18.1 Å². The van der Waals surface area contributed by atoms with E-state index < -0.39 is 0 Å². The Balaban J connectivity index is 1.79. The summed E-state index contributed by atoms with van der Waals surface area (Å²) in [4.78, 5) is 36.3. The van der Waals surface area contributed by atoms with Crippen LogP contribution in [0.5, 0.6) is 0 Å². The van der Waals surface area contributed by atoms with E-state index in [2.05, 4.69) is 16.6 Å². The lowest BCUT2D eigenvalue weighted by Gasteiger charge is -2.32. The van der Waals surface area contributed by atoms with E-state index in [4.69, 9.17) is 6.42 Å². The zero-order valence-corrected chi connectivity index (χ0v) is 14.4. The minimum absolute atomic E-state index is 0.0772. The third-order valence-corrected chi connectivity index (χ3v) is 4.32. The molecule has 0 saturated carbocycles. The van der Waals surface area contributed by atoms with Crippen molar-refractivity contribution >= 4 is 23.2 Å². The van der Waals surface area contributed by atoms with Crippen LogP contribution >= 0.6 is 0 Å². The van der Waals surface area contributed by atoms with Crippen molar-refractivity contribution in [1.82, 2.24) is 10.6 Å². The standard InChI is InChI=1S/C18H22N4O4/c1-2-10-19-17(23)7-11-20-18(24)14-8-12-21(13-9-14)15-5-3-4-6-16(15)22(25)26/h1,3-6,14H,7-13H2,(H,19,23)(H,20,24). The Kier molecular flexibility index (Phi) is 6.97. The molecule has 0 aliphatic carbocycles. The molecule has 26 heavy (non-hydrogen) atoms. The maximum Gasteiger partial charge on any atom is 0.292 e. The average molecular weight is 358 g/mol. The first-order chi connectivity index (χ1) is 12.5. The number of nitro groups is 1. The van der Waals surface area contributed by atoms with Crippen LogP contribution in [0.4, 0.5) is 11.4 Å². The molecular weight excluding hydrogens is 336 g/mol. The van der Waals surface area contributed by atoms with E-state index in [1.807, 2.05) is 4.90 Å². The summed E-state index contributed by atoms with van der Waals surface area (Å²) in [5.74, 6) is 1.88. The van der Waals surface area contributed by atoms with Crippen molar-refractivity contribution in [3.05, 3.63) is 34.4 Å². The van der Waals surface area contributed by atoms with Gasteiger partial charge >= 0.3 is 0 Å². The first kappa shape index (κ1) is 19.2. The van der Waals surface area contributed by atoms with Gasteiger partial charge in [0.1, 0.15) is 5.69 Å². The zero-order chi connectivity index (χ0) is 18.9. The molecule has 8 heteroatoms. The number of hydrogen-bond acceptors (Lipinski definition) is 5. The lowest BCUT2D eigenvalue weighted by atomic mass is 9.95. The molecule has 0 spiro atoms. The number of nitrogens with one attached hydrogen (secondary N) is 2. The first-order valence-electron chi connectivity index (χ1n) is 8.49. The van der Waals surface area contributed by atoms with Crippen LogP contribution < -0.4 is 15.5 Å². The van der Waals surface area contributed by atoms with Gasteiger partial charge in [-0.25, -0.2) is 0 Å². The third-order valence-electron chi connectivity index (χ3n) is 4.32. The number of piperidine rings is 1. The van der Waals surface area contributed by atoms with Gasteiger partial charge in [0.25, 0.3) is 5.69 Å². The Bertz CT molecular complexity index is 705. The molecule has 138 valence electrons. The molecule has 0 bridgehead atoms. The van der Waals surface area contributed by atoms with Crippen molar-refractivity contribution in [2.24, 2.45) is 5.92 Å². The molecular formula is C18H22N4O4. The molecule has 2 rings (SSSR count). The molecule has 1 heterocycles. The fourth-order valence-corrected chi connectivity index (χ4v) is 2.95. The largest absolute Gasteiger partial charge is 0.366 e. The molecule has 0 radical (unpaired) electrons. The zero-order valence-electron chi connectivity index (χ0n) is 14.4. The van der Waals surface area contributed by atoms with Gasteiger partial charge in [-0.2, -0.15) is 0 Å². The number of hydrogen-bond donors (Lipinski definition) is 2. The topological polar surface area (TPSA) is 105 Å². The summed E-state index contributed by atoms with van der Waals surface area (Å²) in [5, 5.41) is 16.4. The van der Waals surface area contributed by atoms with Crippen molar-refractivity contribution in [3.8, 4) is 12.3 Å². The Hall–Kier alpha value is -3.08. The van der Waals surface area contributed by atoms with Crippen LogP contribution in [0.25, 0.3) is 0 Å². The van der Waals surface area contributed by atoms with Crippen LogP contribution in [-0.2, 0) is 9.59 Å². The van der Waals surface area contributed by atoms with Gasteiger partial charge in [0.2, 0.25) is 11.8 Å². The van der Waals surface area contributed by atoms with E-state index in [9.17, 15) is 19.7 Å². The Morgan fingerprint density at radius 1 is 1.27 bits per heavy atom. The third kappa shape index (κ3) is 5.21. The molecule has 1 fully saturated rings. The van der Waals surface area contributed by atoms with Crippen molar-refractivity contribution in [1.29, 1.82) is 0 Å². The Morgan fingerprint density at radius 3 is 2.62 bits per heavy atom. The van der Waals surface area contributed by atoms with Crippen molar-refractivity contribution in [2.45, 2.75) is 19.3 Å². The van der Waals surface area contributed by atoms with Crippen LogP contribution in [0.15, 0.2) is 24.3 Å². The first-order valence-corrected chi connectivity index (χ1v) is 8.49. The molecule has 2 amide bonds. The van der Waals surface area contributed by atoms with E-state index in [1.165, 1.54) is 6.07 Å². The fraction of sp³-hybridized carbons (Fsp3) is 0.444. The lowest BCUT2D eigenvalue weighted by Crippen LogP contribution is -2.41. The van der Waals surface area contributed by atoms with Crippen LogP contribution in [0, 0.1) is 28.4 Å². The predicted octanol–water partition coefficient (Wildman–Crippen LogP) is 1.07. The van der Waals surface area contributed by atoms with Crippen molar-refractivity contribution < 1.29 is 14.5 Å². The lowest BCUT2D eigenvalue weighted by molar-refractivity contribution is -0.384. The highest BCUT2D eigenvalue weighted by atomic mass is 16.6. The number of rotatable bonds is 7. The van der Waals surface area contributed by atoms with Crippen LogP contribution in [0.3, 0.4) is 0 Å².